The quantitative estimate of drug-likeness (QED) is 0.507. The zero-order valence-electron chi connectivity index (χ0n) is 11.9. The average molecular weight is 464 g/mol. The van der Waals surface area contributed by atoms with E-state index in [4.69, 9.17) is 27.9 Å². The number of thiazole rings is 1. The van der Waals surface area contributed by atoms with Crippen LogP contribution in [0.5, 0.6) is 5.75 Å². The fourth-order valence-corrected chi connectivity index (χ4v) is 4.40. The van der Waals surface area contributed by atoms with E-state index in [1.165, 1.54) is 11.3 Å². The molecule has 2 aromatic heterocycles. The summed E-state index contributed by atoms with van der Waals surface area (Å²) in [6, 6.07) is 8.76. The molecule has 0 aliphatic heterocycles. The van der Waals surface area contributed by atoms with Gasteiger partial charge in [-0.2, -0.15) is 0 Å². The summed E-state index contributed by atoms with van der Waals surface area (Å²) in [6.07, 6.45) is 0. The molecule has 0 saturated carbocycles. The van der Waals surface area contributed by atoms with Crippen LogP contribution in [0.1, 0.15) is 0 Å². The molecule has 0 saturated heterocycles. The Hall–Kier alpha value is -1.12. The minimum atomic E-state index is -0.311. The van der Waals surface area contributed by atoms with Gasteiger partial charge in [-0.15, -0.1) is 22.7 Å². The number of nitrogens with one attached hydrogen (secondary N) is 1. The van der Waals surface area contributed by atoms with Crippen molar-refractivity contribution < 1.29 is 9.53 Å². The molecule has 0 bridgehead atoms. The van der Waals surface area contributed by atoms with Crippen molar-refractivity contribution in [1.82, 2.24) is 4.98 Å². The van der Waals surface area contributed by atoms with Crippen molar-refractivity contribution in [2.75, 3.05) is 11.9 Å². The summed E-state index contributed by atoms with van der Waals surface area (Å²) in [6.45, 7) is -0.166. The monoisotopic (exact) mass is 462 g/mol. The van der Waals surface area contributed by atoms with Crippen LogP contribution in [-0.4, -0.2) is 17.5 Å². The highest BCUT2D eigenvalue weighted by molar-refractivity contribution is 9.11. The van der Waals surface area contributed by atoms with E-state index in [1.807, 2.05) is 17.5 Å². The van der Waals surface area contributed by atoms with Crippen molar-refractivity contribution in [2.24, 2.45) is 0 Å². The summed E-state index contributed by atoms with van der Waals surface area (Å²) in [4.78, 5) is 17.4. The molecule has 0 fully saturated rings. The third-order valence-corrected chi connectivity index (χ3v) is 5.76. The number of benzene rings is 1. The fraction of sp³-hybridized carbons (Fsp3) is 0.0667. The molecule has 0 unspecified atom stereocenters. The largest absolute Gasteiger partial charge is 0.482 e. The van der Waals surface area contributed by atoms with E-state index in [0.29, 0.717) is 20.9 Å². The van der Waals surface area contributed by atoms with Crippen LogP contribution in [0.15, 0.2) is 39.5 Å². The number of rotatable bonds is 5. The van der Waals surface area contributed by atoms with E-state index < -0.39 is 0 Å². The lowest BCUT2D eigenvalue weighted by Crippen LogP contribution is -2.20. The lowest BCUT2D eigenvalue weighted by molar-refractivity contribution is -0.118. The molecule has 0 radical (unpaired) electrons. The Morgan fingerprint density at radius 3 is 2.83 bits per heavy atom. The van der Waals surface area contributed by atoms with Gasteiger partial charge in [0.25, 0.3) is 5.91 Å². The molecule has 3 aromatic rings. The van der Waals surface area contributed by atoms with Gasteiger partial charge in [0.1, 0.15) is 5.75 Å². The maximum absolute atomic E-state index is 12.0. The average Bonchev–Trinajstić information content (AvgIpc) is 3.15. The first-order valence-electron chi connectivity index (χ1n) is 6.60. The Balaban J connectivity index is 1.58. The molecule has 4 nitrogen and oxygen atoms in total. The number of amides is 1. The van der Waals surface area contributed by atoms with Crippen molar-refractivity contribution in [1.29, 1.82) is 0 Å². The molecule has 9 heteroatoms. The number of nitrogens with zero attached hydrogens (tertiary/aromatic N) is 1. The Labute approximate surface area is 164 Å². The molecular weight excluding hydrogens is 455 g/mol. The topological polar surface area (TPSA) is 51.2 Å². The number of anilines is 1. The first-order chi connectivity index (χ1) is 11.5. The number of halogens is 3. The summed E-state index contributed by atoms with van der Waals surface area (Å²) in [7, 11) is 0. The Morgan fingerprint density at radius 2 is 2.12 bits per heavy atom. The van der Waals surface area contributed by atoms with Crippen LogP contribution in [0.2, 0.25) is 10.0 Å². The van der Waals surface area contributed by atoms with E-state index in [-0.39, 0.29) is 12.5 Å². The molecule has 0 aliphatic rings. The van der Waals surface area contributed by atoms with Crippen LogP contribution in [0, 0.1) is 0 Å². The second-order valence-corrected chi connectivity index (χ2v) is 8.72. The zero-order valence-corrected chi connectivity index (χ0v) is 16.6. The smallest absolute Gasteiger partial charge is 0.264 e. The van der Waals surface area contributed by atoms with Crippen LogP contribution in [0.25, 0.3) is 10.6 Å². The van der Waals surface area contributed by atoms with Gasteiger partial charge in [0.2, 0.25) is 0 Å². The summed E-state index contributed by atoms with van der Waals surface area (Å²) in [5.74, 6) is 0.0914. The summed E-state index contributed by atoms with van der Waals surface area (Å²) < 4.78 is 6.42. The van der Waals surface area contributed by atoms with Gasteiger partial charge in [-0.05, 0) is 46.3 Å². The third kappa shape index (κ3) is 4.49. The molecule has 1 amide bonds. The number of carbonyl (C=O) groups excluding carboxylic acids is 1. The molecule has 124 valence electrons. The predicted molar refractivity (Wildman–Crippen MR) is 104 cm³/mol. The molecular formula is C15H9BrCl2N2O2S2. The molecule has 1 aromatic carbocycles. The molecule has 1 N–H and O–H groups in total. The maximum atomic E-state index is 12.0. The minimum absolute atomic E-state index is 0.166. The summed E-state index contributed by atoms with van der Waals surface area (Å²) >= 11 is 18.2. The van der Waals surface area contributed by atoms with Crippen molar-refractivity contribution in [3.8, 4) is 16.3 Å². The van der Waals surface area contributed by atoms with E-state index >= 15 is 0 Å². The van der Waals surface area contributed by atoms with Crippen molar-refractivity contribution in [3.63, 3.8) is 0 Å². The second kappa shape index (κ2) is 7.84. The highest BCUT2D eigenvalue weighted by Gasteiger charge is 2.11. The third-order valence-electron chi connectivity index (χ3n) is 2.83. The number of carbonyl (C=O) groups is 1. The lowest BCUT2D eigenvalue weighted by Gasteiger charge is -2.07. The molecule has 2 heterocycles. The van der Waals surface area contributed by atoms with E-state index in [1.54, 1.807) is 29.5 Å². The van der Waals surface area contributed by atoms with Crippen molar-refractivity contribution in [2.45, 2.75) is 0 Å². The van der Waals surface area contributed by atoms with Crippen molar-refractivity contribution in [3.05, 3.63) is 49.5 Å². The molecule has 0 spiro atoms. The van der Waals surface area contributed by atoms with Gasteiger partial charge in [0.05, 0.1) is 19.4 Å². The molecule has 24 heavy (non-hydrogen) atoms. The van der Waals surface area contributed by atoms with E-state index in [2.05, 4.69) is 26.2 Å². The highest BCUT2D eigenvalue weighted by atomic mass is 79.9. The van der Waals surface area contributed by atoms with Crippen molar-refractivity contribution >= 4 is 72.8 Å². The molecule has 0 atom stereocenters. The highest BCUT2D eigenvalue weighted by Crippen LogP contribution is 2.33. The van der Waals surface area contributed by atoms with Crippen LogP contribution >= 0.6 is 61.8 Å². The van der Waals surface area contributed by atoms with Crippen LogP contribution in [-0.2, 0) is 4.79 Å². The van der Waals surface area contributed by atoms with Crippen LogP contribution in [0.3, 0.4) is 0 Å². The Kier molecular flexibility index (Phi) is 5.78. The normalized spacial score (nSPS) is 10.6. The first kappa shape index (κ1) is 17.7. The van der Waals surface area contributed by atoms with Gasteiger partial charge < -0.3 is 4.74 Å². The minimum Gasteiger partial charge on any atom is -0.482 e. The summed E-state index contributed by atoms with van der Waals surface area (Å²) in [5.41, 5.74) is 0.827. The lowest BCUT2D eigenvalue weighted by atomic mass is 10.3. The van der Waals surface area contributed by atoms with Crippen LogP contribution in [0.4, 0.5) is 5.13 Å². The maximum Gasteiger partial charge on any atom is 0.264 e. The standard InChI is InChI=1S/C15H9BrCl2N2O2S2/c16-13-4-3-12(24-13)10-7-23-15(19-10)20-14(21)6-22-11-2-1-8(17)5-9(11)18/h1-5,7H,6H2,(H,19,20,21). The Morgan fingerprint density at radius 1 is 1.29 bits per heavy atom. The van der Waals surface area contributed by atoms with E-state index in [9.17, 15) is 4.79 Å². The second-order valence-electron chi connectivity index (χ2n) is 4.55. The number of hydrogen-bond donors (Lipinski definition) is 1. The number of thiophene rings is 1. The molecule has 0 aliphatic carbocycles. The molecule has 3 rings (SSSR count). The van der Waals surface area contributed by atoms with Gasteiger partial charge >= 0.3 is 0 Å². The van der Waals surface area contributed by atoms with E-state index in [0.717, 1.165) is 14.4 Å². The summed E-state index contributed by atoms with van der Waals surface area (Å²) in [5, 5.41) is 5.98. The number of ether oxygens (including phenoxy) is 1. The fourth-order valence-electron chi connectivity index (χ4n) is 1.79. The van der Waals surface area contributed by atoms with Gasteiger partial charge in [-0.25, -0.2) is 4.98 Å². The Bertz CT molecular complexity index is 882. The number of hydrogen-bond acceptors (Lipinski definition) is 5. The first-order valence-corrected chi connectivity index (χ1v) is 9.85. The van der Waals surface area contributed by atoms with Gasteiger partial charge in [-0.3, -0.25) is 10.1 Å². The number of aromatic nitrogens is 1. The SMILES string of the molecule is O=C(COc1ccc(Cl)cc1Cl)Nc1nc(-c2ccc(Br)s2)cs1. The van der Waals surface area contributed by atoms with Crippen LogP contribution < -0.4 is 10.1 Å². The van der Waals surface area contributed by atoms with Gasteiger partial charge in [-0.1, -0.05) is 23.2 Å². The zero-order chi connectivity index (χ0) is 17.1. The van der Waals surface area contributed by atoms with Gasteiger partial charge in [0.15, 0.2) is 11.7 Å². The predicted octanol–water partition coefficient (Wildman–Crippen LogP) is 5.96. The van der Waals surface area contributed by atoms with Gasteiger partial charge in [0, 0.05) is 10.4 Å².